The van der Waals surface area contributed by atoms with Crippen molar-refractivity contribution in [3.05, 3.63) is 37.8 Å². The minimum Gasteiger partial charge on any atom is -0.310 e. The van der Waals surface area contributed by atoms with Crippen molar-refractivity contribution in [1.29, 1.82) is 0 Å². The van der Waals surface area contributed by atoms with Crippen LogP contribution in [0.15, 0.2) is 31.6 Å². The summed E-state index contributed by atoms with van der Waals surface area (Å²) < 4.78 is 28.4. The molecule has 116 valence electrons. The normalized spacial score (nSPS) is 12.2. The van der Waals surface area contributed by atoms with Crippen molar-refractivity contribution < 1.29 is 8.42 Å². The second-order valence-electron chi connectivity index (χ2n) is 4.87. The topological polar surface area (TPSA) is 58.2 Å². The first-order chi connectivity index (χ1) is 9.87. The second kappa shape index (κ2) is 7.34. The third-order valence-electron chi connectivity index (χ3n) is 2.67. The Hall–Kier alpha value is -0.250. The predicted octanol–water partition coefficient (Wildman–Crippen LogP) is 3.55. The van der Waals surface area contributed by atoms with Crippen molar-refractivity contribution in [1.82, 2.24) is 10.0 Å². The summed E-state index contributed by atoms with van der Waals surface area (Å²) in [7, 11) is -3.43. The first-order valence-corrected chi connectivity index (χ1v) is 10.4. The van der Waals surface area contributed by atoms with Gasteiger partial charge in [0.05, 0.1) is 0 Å². The summed E-state index contributed by atoms with van der Waals surface area (Å²) in [6, 6.07) is 4.02. The molecule has 4 nitrogen and oxygen atoms in total. The van der Waals surface area contributed by atoms with Gasteiger partial charge in [0.1, 0.15) is 4.21 Å². The molecule has 0 aliphatic rings. The fourth-order valence-corrected chi connectivity index (χ4v) is 5.34. The number of sulfonamides is 1. The molecule has 0 bridgehead atoms. The van der Waals surface area contributed by atoms with Crippen molar-refractivity contribution in [3.63, 3.8) is 0 Å². The molecular weight excluding hydrogens is 392 g/mol. The highest BCUT2D eigenvalue weighted by Gasteiger charge is 2.17. The van der Waals surface area contributed by atoms with Crippen LogP contribution >= 0.6 is 38.6 Å². The van der Waals surface area contributed by atoms with Crippen LogP contribution in [0, 0.1) is 0 Å². The highest BCUT2D eigenvalue weighted by Crippen LogP contribution is 2.22. The van der Waals surface area contributed by atoms with E-state index in [1.165, 1.54) is 22.7 Å². The van der Waals surface area contributed by atoms with E-state index in [9.17, 15) is 8.42 Å². The molecule has 0 radical (unpaired) electrons. The Morgan fingerprint density at radius 2 is 1.95 bits per heavy atom. The molecule has 2 rings (SSSR count). The van der Waals surface area contributed by atoms with Crippen LogP contribution in [0.3, 0.4) is 0 Å². The Morgan fingerprint density at radius 3 is 2.57 bits per heavy atom. The van der Waals surface area contributed by atoms with Gasteiger partial charge in [-0.25, -0.2) is 13.1 Å². The number of thiophene rings is 2. The summed E-state index contributed by atoms with van der Waals surface area (Å²) in [4.78, 5) is 0.976. The maximum absolute atomic E-state index is 12.2. The standard InChI is InChI=1S/C13H17BrN2O2S3/c1-9(2)15-5-10-3-13(20-7-10)21(17,18)16-6-12-4-11(14)8-19-12/h3-4,7-9,15-16H,5-6H2,1-2H3. The molecule has 0 atom stereocenters. The van der Waals surface area contributed by atoms with E-state index in [4.69, 9.17) is 0 Å². The molecule has 0 fully saturated rings. The van der Waals surface area contributed by atoms with Gasteiger partial charge in [-0.2, -0.15) is 0 Å². The van der Waals surface area contributed by atoms with Gasteiger partial charge in [-0.3, -0.25) is 0 Å². The maximum Gasteiger partial charge on any atom is 0.250 e. The summed E-state index contributed by atoms with van der Waals surface area (Å²) >= 11 is 6.13. The van der Waals surface area contributed by atoms with Crippen LogP contribution < -0.4 is 10.0 Å². The van der Waals surface area contributed by atoms with Crippen LogP contribution in [-0.4, -0.2) is 14.5 Å². The predicted molar refractivity (Wildman–Crippen MR) is 92.3 cm³/mol. The van der Waals surface area contributed by atoms with E-state index < -0.39 is 10.0 Å². The molecule has 0 spiro atoms. The van der Waals surface area contributed by atoms with Gasteiger partial charge in [0.2, 0.25) is 10.0 Å². The molecule has 21 heavy (non-hydrogen) atoms. The number of nitrogens with one attached hydrogen (secondary N) is 2. The van der Waals surface area contributed by atoms with Crippen LogP contribution in [0.1, 0.15) is 24.3 Å². The Morgan fingerprint density at radius 1 is 1.19 bits per heavy atom. The molecule has 0 saturated heterocycles. The monoisotopic (exact) mass is 408 g/mol. The minimum atomic E-state index is -3.43. The van der Waals surface area contributed by atoms with Crippen molar-refractivity contribution >= 4 is 48.6 Å². The Labute approximate surface area is 141 Å². The fraction of sp³-hybridized carbons (Fsp3) is 0.385. The van der Waals surface area contributed by atoms with Crippen LogP contribution in [0.2, 0.25) is 0 Å². The Kier molecular flexibility index (Phi) is 5.98. The number of halogens is 1. The van der Waals surface area contributed by atoms with Crippen molar-refractivity contribution in [2.75, 3.05) is 0 Å². The van der Waals surface area contributed by atoms with E-state index in [1.807, 2.05) is 16.8 Å². The van der Waals surface area contributed by atoms with Gasteiger partial charge in [0.25, 0.3) is 0 Å². The van der Waals surface area contributed by atoms with E-state index >= 15 is 0 Å². The smallest absolute Gasteiger partial charge is 0.250 e. The van der Waals surface area contributed by atoms with Gasteiger partial charge in [0, 0.05) is 33.9 Å². The lowest BCUT2D eigenvalue weighted by molar-refractivity contribution is 0.582. The molecule has 8 heteroatoms. The molecular formula is C13H17BrN2O2S3. The van der Waals surface area contributed by atoms with Crippen LogP contribution in [-0.2, 0) is 23.1 Å². The SMILES string of the molecule is CC(C)NCc1csc(S(=O)(=O)NCc2cc(Br)cs2)c1. The third-order valence-corrected chi connectivity index (χ3v) is 7.25. The van der Waals surface area contributed by atoms with Gasteiger partial charge >= 0.3 is 0 Å². The van der Waals surface area contributed by atoms with Crippen LogP contribution in [0.25, 0.3) is 0 Å². The molecule has 0 aromatic carbocycles. The van der Waals surface area contributed by atoms with Crippen molar-refractivity contribution in [3.8, 4) is 0 Å². The highest BCUT2D eigenvalue weighted by molar-refractivity contribution is 9.10. The van der Waals surface area contributed by atoms with Crippen molar-refractivity contribution in [2.24, 2.45) is 0 Å². The molecule has 0 amide bonds. The second-order valence-corrected chi connectivity index (χ2v) is 9.68. The molecule has 2 heterocycles. The van der Waals surface area contributed by atoms with Crippen LogP contribution in [0.5, 0.6) is 0 Å². The maximum atomic E-state index is 12.2. The quantitative estimate of drug-likeness (QED) is 0.736. The summed E-state index contributed by atoms with van der Waals surface area (Å²) in [6.07, 6.45) is 0. The van der Waals surface area contributed by atoms with Gasteiger partial charge in [-0.15, -0.1) is 22.7 Å². The molecule has 2 aromatic rings. The zero-order valence-corrected chi connectivity index (χ0v) is 15.8. The van der Waals surface area contributed by atoms with Crippen molar-refractivity contribution in [2.45, 2.75) is 37.2 Å². The largest absolute Gasteiger partial charge is 0.310 e. The summed E-state index contributed by atoms with van der Waals surface area (Å²) in [5.41, 5.74) is 0.993. The van der Waals surface area contributed by atoms with E-state index in [2.05, 4.69) is 39.8 Å². The van der Waals surface area contributed by atoms with Crippen LogP contribution in [0.4, 0.5) is 0 Å². The lowest BCUT2D eigenvalue weighted by Gasteiger charge is -2.05. The lowest BCUT2D eigenvalue weighted by atomic mass is 10.3. The Balaban J connectivity index is 1.99. The minimum absolute atomic E-state index is 0.316. The van der Waals surface area contributed by atoms with E-state index in [0.717, 1.165) is 14.9 Å². The third kappa shape index (κ3) is 5.15. The number of hydrogen-bond acceptors (Lipinski definition) is 5. The first-order valence-electron chi connectivity index (χ1n) is 6.40. The summed E-state index contributed by atoms with van der Waals surface area (Å²) in [5.74, 6) is 0. The van der Waals surface area contributed by atoms with Gasteiger partial charge in [0.15, 0.2) is 0 Å². The summed E-state index contributed by atoms with van der Waals surface area (Å²) in [5, 5.41) is 7.09. The molecule has 0 unspecified atom stereocenters. The number of hydrogen-bond donors (Lipinski definition) is 2. The number of rotatable bonds is 7. The fourth-order valence-electron chi connectivity index (χ4n) is 1.59. The molecule has 2 aromatic heterocycles. The van der Waals surface area contributed by atoms with E-state index in [0.29, 0.717) is 23.3 Å². The zero-order valence-electron chi connectivity index (χ0n) is 11.7. The summed E-state index contributed by atoms with van der Waals surface area (Å²) in [6.45, 7) is 5.12. The average Bonchev–Trinajstić information content (AvgIpc) is 3.03. The molecule has 0 aliphatic carbocycles. The van der Waals surface area contributed by atoms with Gasteiger partial charge < -0.3 is 5.32 Å². The molecule has 0 aliphatic heterocycles. The first kappa shape index (κ1) is 17.1. The average molecular weight is 409 g/mol. The lowest BCUT2D eigenvalue weighted by Crippen LogP contribution is -2.22. The molecule has 2 N–H and O–H groups in total. The highest BCUT2D eigenvalue weighted by atomic mass is 79.9. The van der Waals surface area contributed by atoms with E-state index in [1.54, 1.807) is 6.07 Å². The Bertz CT molecular complexity index is 692. The van der Waals surface area contributed by atoms with Gasteiger partial charge in [-0.05, 0) is 39.0 Å². The zero-order chi connectivity index (χ0) is 15.5. The van der Waals surface area contributed by atoms with E-state index in [-0.39, 0.29) is 0 Å². The molecule has 0 saturated carbocycles. The van der Waals surface area contributed by atoms with Gasteiger partial charge in [-0.1, -0.05) is 13.8 Å².